The lowest BCUT2D eigenvalue weighted by Crippen LogP contribution is -2.62. The highest BCUT2D eigenvalue weighted by Crippen LogP contribution is 2.71. The summed E-state index contributed by atoms with van der Waals surface area (Å²) in [5, 5.41) is 31.0. The first-order valence-corrected chi connectivity index (χ1v) is 11.4. The van der Waals surface area contributed by atoms with E-state index in [-0.39, 0.29) is 29.6 Å². The maximum absolute atomic E-state index is 13.1. The van der Waals surface area contributed by atoms with Crippen LogP contribution in [0.25, 0.3) is 0 Å². The lowest BCUT2D eigenvalue weighted by Gasteiger charge is -2.61. The van der Waals surface area contributed by atoms with Crippen LogP contribution in [-0.2, 0) is 14.4 Å². The molecule has 166 valence electrons. The van der Waals surface area contributed by atoms with Gasteiger partial charge in [0.1, 0.15) is 18.8 Å². The summed E-state index contributed by atoms with van der Waals surface area (Å²) in [6.07, 6.45) is 8.44. The van der Waals surface area contributed by atoms with Crippen molar-refractivity contribution in [3.8, 4) is 0 Å². The third kappa shape index (κ3) is 2.59. The van der Waals surface area contributed by atoms with E-state index in [1.807, 2.05) is 6.92 Å². The second kappa shape index (κ2) is 7.27. The first-order valence-electron chi connectivity index (χ1n) is 11.4. The third-order valence-corrected chi connectivity index (χ3v) is 9.79. The molecule has 4 rings (SSSR count). The first kappa shape index (κ1) is 21.7. The molecule has 3 fully saturated rings. The molecule has 6 heteroatoms. The number of carboxylic acids is 1. The molecule has 8 atom stereocenters. The molecule has 0 spiro atoms. The summed E-state index contributed by atoms with van der Waals surface area (Å²) in [5.74, 6) is -3.05. The zero-order valence-corrected chi connectivity index (χ0v) is 18.0. The number of aldehydes is 1. The predicted molar refractivity (Wildman–Crippen MR) is 109 cm³/mol. The fourth-order valence-corrected chi connectivity index (χ4v) is 8.61. The Hall–Kier alpha value is -1.53. The minimum Gasteiger partial charge on any atom is -0.481 e. The number of carboxylic acid groups (broad SMARTS) is 1. The molecule has 0 heterocycles. The molecule has 0 saturated heterocycles. The standard InChI is InChI=1S/C24H34O6/c1-22-9-4-3-5-14(22)6-7-15-16-8-10-24(19(28)13-26,17(12-25)21(29)30)23(16,2)11-18(27)20(15)22/h5,12,15-18,20,26-27H,3-4,6-11,13H2,1-2H3,(H,29,30). The summed E-state index contributed by atoms with van der Waals surface area (Å²) in [6.45, 7) is 3.38. The zero-order valence-electron chi connectivity index (χ0n) is 18.0. The van der Waals surface area contributed by atoms with Gasteiger partial charge in [-0.2, -0.15) is 0 Å². The Morgan fingerprint density at radius 2 is 2.00 bits per heavy atom. The van der Waals surface area contributed by atoms with Crippen LogP contribution in [-0.4, -0.2) is 46.1 Å². The zero-order chi connectivity index (χ0) is 21.9. The Bertz CT molecular complexity index is 789. The molecule has 0 aromatic carbocycles. The number of allylic oxidation sites excluding steroid dienone is 2. The van der Waals surface area contributed by atoms with E-state index in [2.05, 4.69) is 13.0 Å². The van der Waals surface area contributed by atoms with Crippen molar-refractivity contribution in [3.63, 3.8) is 0 Å². The van der Waals surface area contributed by atoms with Crippen molar-refractivity contribution in [2.24, 2.45) is 39.9 Å². The van der Waals surface area contributed by atoms with Gasteiger partial charge in [-0.05, 0) is 80.0 Å². The number of carbonyl (C=O) groups excluding carboxylic acids is 2. The van der Waals surface area contributed by atoms with Crippen LogP contribution in [0.2, 0.25) is 0 Å². The molecule has 0 bridgehead atoms. The predicted octanol–water partition coefficient (Wildman–Crippen LogP) is 2.76. The van der Waals surface area contributed by atoms with Crippen LogP contribution in [0.5, 0.6) is 0 Å². The molecule has 0 aliphatic heterocycles. The summed E-state index contributed by atoms with van der Waals surface area (Å²) in [5.41, 5.74) is -0.894. The number of rotatable bonds is 5. The molecular weight excluding hydrogens is 384 g/mol. The first-order chi connectivity index (χ1) is 14.2. The van der Waals surface area contributed by atoms with E-state index in [0.717, 1.165) is 32.1 Å². The number of hydrogen-bond acceptors (Lipinski definition) is 5. The summed E-state index contributed by atoms with van der Waals surface area (Å²) in [4.78, 5) is 37.0. The summed E-state index contributed by atoms with van der Waals surface area (Å²) >= 11 is 0. The number of ketones is 1. The molecule has 0 aromatic rings. The van der Waals surface area contributed by atoms with E-state index < -0.39 is 41.2 Å². The second-order valence-corrected chi connectivity index (χ2v) is 10.6. The SMILES string of the molecule is CC12CCCC=C1CCC1C2C(O)CC2(C)C1CCC2(C(=O)CO)C(C=O)C(=O)O. The Morgan fingerprint density at radius 3 is 2.63 bits per heavy atom. The molecule has 8 unspecified atom stereocenters. The maximum Gasteiger partial charge on any atom is 0.314 e. The second-order valence-electron chi connectivity index (χ2n) is 10.6. The summed E-state index contributed by atoms with van der Waals surface area (Å²) in [6, 6.07) is 0. The fourth-order valence-electron chi connectivity index (χ4n) is 8.61. The van der Waals surface area contributed by atoms with Gasteiger partial charge in [0.15, 0.2) is 5.78 Å². The van der Waals surface area contributed by atoms with Crippen molar-refractivity contribution in [2.75, 3.05) is 6.61 Å². The van der Waals surface area contributed by atoms with Gasteiger partial charge in [0.05, 0.1) is 11.5 Å². The molecule has 4 aliphatic rings. The van der Waals surface area contributed by atoms with Gasteiger partial charge in [0.2, 0.25) is 0 Å². The molecule has 6 nitrogen and oxygen atoms in total. The lowest BCUT2D eigenvalue weighted by molar-refractivity contribution is -0.180. The molecule has 30 heavy (non-hydrogen) atoms. The number of aliphatic hydroxyl groups excluding tert-OH is 2. The lowest BCUT2D eigenvalue weighted by atomic mass is 9.43. The van der Waals surface area contributed by atoms with Crippen LogP contribution >= 0.6 is 0 Å². The number of carbonyl (C=O) groups is 3. The van der Waals surface area contributed by atoms with E-state index in [0.29, 0.717) is 19.1 Å². The number of aliphatic hydroxyl groups is 2. The highest BCUT2D eigenvalue weighted by atomic mass is 16.4. The molecule has 0 amide bonds. The molecule has 0 aromatic heterocycles. The topological polar surface area (TPSA) is 112 Å². The number of hydrogen-bond donors (Lipinski definition) is 3. The minimum atomic E-state index is -1.50. The molecule has 3 N–H and O–H groups in total. The van der Waals surface area contributed by atoms with Gasteiger partial charge in [0, 0.05) is 0 Å². The number of aliphatic carboxylic acids is 1. The van der Waals surface area contributed by atoms with Crippen LogP contribution in [0, 0.1) is 39.9 Å². The van der Waals surface area contributed by atoms with E-state index in [4.69, 9.17) is 0 Å². The molecular formula is C24H34O6. The Kier molecular flexibility index (Phi) is 5.25. The quantitative estimate of drug-likeness (QED) is 0.360. The van der Waals surface area contributed by atoms with E-state index in [1.165, 1.54) is 5.57 Å². The van der Waals surface area contributed by atoms with Crippen molar-refractivity contribution >= 4 is 18.0 Å². The van der Waals surface area contributed by atoms with Crippen LogP contribution in [0.15, 0.2) is 11.6 Å². The van der Waals surface area contributed by atoms with E-state index >= 15 is 0 Å². The van der Waals surface area contributed by atoms with Crippen molar-refractivity contribution in [1.82, 2.24) is 0 Å². The van der Waals surface area contributed by atoms with Crippen molar-refractivity contribution in [2.45, 2.75) is 71.3 Å². The van der Waals surface area contributed by atoms with Gasteiger partial charge >= 0.3 is 5.97 Å². The van der Waals surface area contributed by atoms with Crippen LogP contribution < -0.4 is 0 Å². The third-order valence-electron chi connectivity index (χ3n) is 9.79. The van der Waals surface area contributed by atoms with Crippen LogP contribution in [0.1, 0.15) is 65.2 Å². The Morgan fingerprint density at radius 1 is 1.27 bits per heavy atom. The summed E-state index contributed by atoms with van der Waals surface area (Å²) < 4.78 is 0. The average Bonchev–Trinajstić information content (AvgIpc) is 3.00. The maximum atomic E-state index is 13.1. The van der Waals surface area contributed by atoms with E-state index in [9.17, 15) is 29.7 Å². The van der Waals surface area contributed by atoms with Gasteiger partial charge in [-0.1, -0.05) is 25.5 Å². The van der Waals surface area contributed by atoms with Gasteiger partial charge < -0.3 is 20.1 Å². The van der Waals surface area contributed by atoms with Crippen molar-refractivity contribution < 1.29 is 29.7 Å². The Labute approximate surface area is 177 Å². The highest BCUT2D eigenvalue weighted by Gasteiger charge is 2.71. The normalized spacial score (nSPS) is 46.1. The largest absolute Gasteiger partial charge is 0.481 e. The summed E-state index contributed by atoms with van der Waals surface area (Å²) in [7, 11) is 0. The Balaban J connectivity index is 1.81. The van der Waals surface area contributed by atoms with Crippen molar-refractivity contribution in [3.05, 3.63) is 11.6 Å². The van der Waals surface area contributed by atoms with Crippen molar-refractivity contribution in [1.29, 1.82) is 0 Å². The van der Waals surface area contributed by atoms with Crippen LogP contribution in [0.3, 0.4) is 0 Å². The van der Waals surface area contributed by atoms with Gasteiger partial charge in [0.25, 0.3) is 0 Å². The monoisotopic (exact) mass is 418 g/mol. The van der Waals surface area contributed by atoms with Gasteiger partial charge in [-0.3, -0.25) is 9.59 Å². The average molecular weight is 419 g/mol. The van der Waals surface area contributed by atoms with E-state index in [1.54, 1.807) is 0 Å². The molecule has 4 aliphatic carbocycles. The number of fused-ring (bicyclic) bond motifs is 5. The van der Waals surface area contributed by atoms with Gasteiger partial charge in [-0.25, -0.2) is 0 Å². The highest BCUT2D eigenvalue weighted by molar-refractivity contribution is 5.99. The molecule has 0 radical (unpaired) electrons. The smallest absolute Gasteiger partial charge is 0.314 e. The fraction of sp³-hybridized carbons (Fsp3) is 0.792. The number of Topliss-reactive ketones (excluding diaryl/α,β-unsaturated/α-hetero) is 1. The molecule has 3 saturated carbocycles. The van der Waals surface area contributed by atoms with Crippen LogP contribution in [0.4, 0.5) is 0 Å². The van der Waals surface area contributed by atoms with Gasteiger partial charge in [-0.15, -0.1) is 0 Å². The minimum absolute atomic E-state index is 0.0506.